The third-order valence-electron chi connectivity index (χ3n) is 2.42. The van der Waals surface area contributed by atoms with Gasteiger partial charge in [-0.2, -0.15) is 0 Å². The van der Waals surface area contributed by atoms with Gasteiger partial charge in [-0.1, -0.05) is 44.0 Å². The van der Waals surface area contributed by atoms with Crippen LogP contribution in [0.25, 0.3) is 20.8 Å². The van der Waals surface area contributed by atoms with Gasteiger partial charge in [-0.25, -0.2) is 4.98 Å². The lowest BCUT2D eigenvalue weighted by atomic mass is 10.2. The Morgan fingerprint density at radius 2 is 1.76 bits per heavy atom. The minimum absolute atomic E-state index is 1.05. The van der Waals surface area contributed by atoms with Crippen LogP contribution < -0.4 is 0 Å². The van der Waals surface area contributed by atoms with E-state index < -0.39 is 0 Å². The summed E-state index contributed by atoms with van der Waals surface area (Å²) >= 11 is 8.68. The zero-order chi connectivity index (χ0) is 11.8. The second kappa shape index (κ2) is 4.52. The smallest absolute Gasteiger partial charge is 0.124 e. The Bertz CT molecular complexity index is 691. The molecule has 17 heavy (non-hydrogen) atoms. The molecule has 0 radical (unpaired) electrons. The normalized spacial score (nSPS) is 10.9. The van der Waals surface area contributed by atoms with Crippen molar-refractivity contribution in [2.24, 2.45) is 0 Å². The molecule has 0 saturated carbocycles. The van der Waals surface area contributed by atoms with E-state index in [1.807, 2.05) is 24.3 Å². The molecule has 0 unspecified atom stereocenters. The van der Waals surface area contributed by atoms with Gasteiger partial charge in [0.05, 0.1) is 10.2 Å². The molecule has 0 aliphatic heterocycles. The average molecular weight is 369 g/mol. The second-order valence-electron chi connectivity index (χ2n) is 3.64. The summed E-state index contributed by atoms with van der Waals surface area (Å²) in [5.74, 6) is 0. The number of benzene rings is 2. The van der Waals surface area contributed by atoms with Gasteiger partial charge in [0.1, 0.15) is 5.01 Å². The molecular weight excluding hydrogens is 362 g/mol. The molecule has 84 valence electrons. The predicted octanol–water partition coefficient (Wildman–Crippen LogP) is 5.49. The molecule has 0 bridgehead atoms. The fourth-order valence-electron chi connectivity index (χ4n) is 1.64. The van der Waals surface area contributed by atoms with Crippen LogP contribution in [-0.4, -0.2) is 4.98 Å². The van der Waals surface area contributed by atoms with Crippen LogP contribution in [0.3, 0.4) is 0 Å². The molecule has 1 heterocycles. The third kappa shape index (κ3) is 2.30. The molecule has 0 spiro atoms. The largest absolute Gasteiger partial charge is 0.236 e. The summed E-state index contributed by atoms with van der Waals surface area (Å²) < 4.78 is 3.37. The number of hydrogen-bond acceptors (Lipinski definition) is 2. The maximum absolute atomic E-state index is 4.64. The van der Waals surface area contributed by atoms with Crippen LogP contribution in [-0.2, 0) is 0 Å². The molecule has 1 nitrogen and oxygen atoms in total. The molecular formula is C13H7Br2NS. The molecule has 1 aromatic heterocycles. The Kier molecular flexibility index (Phi) is 3.03. The average Bonchev–Trinajstić information content (AvgIpc) is 2.72. The van der Waals surface area contributed by atoms with E-state index in [1.165, 1.54) is 4.70 Å². The minimum Gasteiger partial charge on any atom is -0.236 e. The van der Waals surface area contributed by atoms with Crippen molar-refractivity contribution in [1.82, 2.24) is 4.98 Å². The van der Waals surface area contributed by atoms with Gasteiger partial charge in [-0.05, 0) is 30.3 Å². The highest BCUT2D eigenvalue weighted by Gasteiger charge is 2.06. The highest BCUT2D eigenvalue weighted by Crippen LogP contribution is 2.32. The number of fused-ring (bicyclic) bond motifs is 1. The monoisotopic (exact) mass is 367 g/mol. The summed E-state index contributed by atoms with van der Waals surface area (Å²) in [6.45, 7) is 0. The molecule has 0 fully saturated rings. The van der Waals surface area contributed by atoms with Crippen molar-refractivity contribution in [2.75, 3.05) is 0 Å². The van der Waals surface area contributed by atoms with E-state index in [-0.39, 0.29) is 0 Å². The minimum atomic E-state index is 1.05. The van der Waals surface area contributed by atoms with Crippen molar-refractivity contribution < 1.29 is 0 Å². The number of aromatic nitrogens is 1. The first-order valence-corrected chi connectivity index (χ1v) is 7.45. The molecule has 0 N–H and O–H groups in total. The predicted molar refractivity (Wildman–Crippen MR) is 80.5 cm³/mol. The molecule has 3 aromatic rings. The zero-order valence-electron chi connectivity index (χ0n) is 8.65. The summed E-state index contributed by atoms with van der Waals surface area (Å²) in [6.07, 6.45) is 0. The highest BCUT2D eigenvalue weighted by molar-refractivity contribution is 9.10. The third-order valence-corrected chi connectivity index (χ3v) is 4.48. The summed E-state index contributed by atoms with van der Waals surface area (Å²) in [5.41, 5.74) is 2.20. The molecule has 0 saturated heterocycles. The molecule has 2 aromatic carbocycles. The topological polar surface area (TPSA) is 12.9 Å². The standard InChI is InChI=1S/C13H7Br2NS/c14-9-3-1-2-8(6-9)13-16-11-5-4-10(15)7-12(11)17-13/h1-7H. The Balaban J connectivity index is 2.18. The van der Waals surface area contributed by atoms with Gasteiger partial charge in [0.15, 0.2) is 0 Å². The van der Waals surface area contributed by atoms with Gasteiger partial charge >= 0.3 is 0 Å². The van der Waals surface area contributed by atoms with Crippen LogP contribution in [0.5, 0.6) is 0 Å². The van der Waals surface area contributed by atoms with Crippen LogP contribution >= 0.6 is 43.2 Å². The highest BCUT2D eigenvalue weighted by atomic mass is 79.9. The maximum Gasteiger partial charge on any atom is 0.124 e. The van der Waals surface area contributed by atoms with E-state index in [4.69, 9.17) is 0 Å². The van der Waals surface area contributed by atoms with E-state index >= 15 is 0 Å². The first-order chi connectivity index (χ1) is 8.22. The fourth-order valence-corrected chi connectivity index (χ4v) is 3.56. The Hall–Kier alpha value is -0.710. The summed E-state index contributed by atoms with van der Waals surface area (Å²) in [6, 6.07) is 14.4. The quantitative estimate of drug-likeness (QED) is 0.553. The molecule has 0 aliphatic rings. The number of rotatable bonds is 1. The van der Waals surface area contributed by atoms with Crippen molar-refractivity contribution in [1.29, 1.82) is 0 Å². The first-order valence-electron chi connectivity index (χ1n) is 5.04. The number of hydrogen-bond donors (Lipinski definition) is 0. The van der Waals surface area contributed by atoms with E-state index in [0.717, 1.165) is 25.0 Å². The van der Waals surface area contributed by atoms with Gasteiger partial charge in [0.25, 0.3) is 0 Å². The van der Waals surface area contributed by atoms with Crippen LogP contribution in [0.1, 0.15) is 0 Å². The molecule has 0 amide bonds. The Morgan fingerprint density at radius 1 is 0.941 bits per heavy atom. The number of halogens is 2. The zero-order valence-corrected chi connectivity index (χ0v) is 12.6. The van der Waals surface area contributed by atoms with Gasteiger partial charge in [0.2, 0.25) is 0 Å². The summed E-state index contributed by atoms with van der Waals surface area (Å²) in [5, 5.41) is 1.06. The number of nitrogens with zero attached hydrogens (tertiary/aromatic N) is 1. The van der Waals surface area contributed by atoms with Crippen molar-refractivity contribution in [3.63, 3.8) is 0 Å². The van der Waals surface area contributed by atoms with Crippen LogP contribution in [0.15, 0.2) is 51.4 Å². The van der Waals surface area contributed by atoms with Gasteiger partial charge in [-0.3, -0.25) is 0 Å². The van der Waals surface area contributed by atoms with Gasteiger partial charge < -0.3 is 0 Å². The molecule has 0 aliphatic carbocycles. The summed E-state index contributed by atoms with van der Waals surface area (Å²) in [7, 11) is 0. The lowest BCUT2D eigenvalue weighted by Crippen LogP contribution is -1.75. The fraction of sp³-hybridized carbons (Fsp3) is 0. The first kappa shape index (κ1) is 11.4. The van der Waals surface area contributed by atoms with E-state index in [9.17, 15) is 0 Å². The van der Waals surface area contributed by atoms with E-state index in [0.29, 0.717) is 0 Å². The molecule has 3 rings (SSSR count). The van der Waals surface area contributed by atoms with Gasteiger partial charge in [0, 0.05) is 14.5 Å². The van der Waals surface area contributed by atoms with Crippen LogP contribution in [0, 0.1) is 0 Å². The second-order valence-corrected chi connectivity index (χ2v) is 6.50. The lowest BCUT2D eigenvalue weighted by Gasteiger charge is -1.95. The Morgan fingerprint density at radius 3 is 2.59 bits per heavy atom. The SMILES string of the molecule is Brc1cccc(-c2nc3ccc(Br)cc3s2)c1. The van der Waals surface area contributed by atoms with Crippen molar-refractivity contribution in [3.05, 3.63) is 51.4 Å². The van der Waals surface area contributed by atoms with Crippen LogP contribution in [0.2, 0.25) is 0 Å². The van der Waals surface area contributed by atoms with Crippen LogP contribution in [0.4, 0.5) is 0 Å². The number of thiazole rings is 1. The van der Waals surface area contributed by atoms with Crippen molar-refractivity contribution >= 4 is 53.4 Å². The Labute approximate surface area is 120 Å². The van der Waals surface area contributed by atoms with E-state index in [1.54, 1.807) is 11.3 Å². The van der Waals surface area contributed by atoms with Crippen molar-refractivity contribution in [3.8, 4) is 10.6 Å². The molecule has 0 atom stereocenters. The maximum atomic E-state index is 4.64. The van der Waals surface area contributed by atoms with E-state index in [2.05, 4.69) is 55.0 Å². The lowest BCUT2D eigenvalue weighted by molar-refractivity contribution is 1.47. The molecule has 4 heteroatoms. The summed E-state index contributed by atoms with van der Waals surface area (Å²) in [4.78, 5) is 4.64. The van der Waals surface area contributed by atoms with Gasteiger partial charge in [-0.15, -0.1) is 11.3 Å². The van der Waals surface area contributed by atoms with Crippen molar-refractivity contribution in [2.45, 2.75) is 0 Å².